The fraction of sp³-hybridized carbons (Fsp3) is 0.625. The van der Waals surface area contributed by atoms with Crippen LogP contribution in [0.15, 0.2) is 0 Å². The lowest BCUT2D eigenvalue weighted by atomic mass is 10.3. The summed E-state index contributed by atoms with van der Waals surface area (Å²) in [6, 6.07) is 0.372. The average molecular weight is 209 g/mol. The minimum absolute atomic E-state index is 0.225. The van der Waals surface area contributed by atoms with E-state index in [1.165, 1.54) is 0 Å². The number of nitrogens with one attached hydrogen (secondary N) is 3. The number of hydrogen-bond donors (Lipinski definition) is 4. The Kier molecular flexibility index (Phi) is 2.82. The summed E-state index contributed by atoms with van der Waals surface area (Å²) in [5, 5.41) is 9.30. The largest absolute Gasteiger partial charge is 0.368 e. The summed E-state index contributed by atoms with van der Waals surface area (Å²) < 4.78 is 0. The molecule has 7 heteroatoms. The molecule has 1 aromatic rings. The zero-order valence-corrected chi connectivity index (χ0v) is 8.62. The molecular weight excluding hydrogens is 194 g/mol. The van der Waals surface area contributed by atoms with Crippen LogP contribution in [0.5, 0.6) is 0 Å². The van der Waals surface area contributed by atoms with Gasteiger partial charge in [-0.1, -0.05) is 0 Å². The second-order valence-corrected chi connectivity index (χ2v) is 3.42. The second-order valence-electron chi connectivity index (χ2n) is 3.42. The molecule has 82 valence electrons. The van der Waals surface area contributed by atoms with Crippen molar-refractivity contribution in [3.05, 3.63) is 0 Å². The van der Waals surface area contributed by atoms with Crippen LogP contribution in [-0.4, -0.2) is 41.1 Å². The van der Waals surface area contributed by atoms with Gasteiger partial charge in [0.25, 0.3) is 0 Å². The van der Waals surface area contributed by atoms with Crippen LogP contribution in [0.25, 0.3) is 0 Å². The van der Waals surface area contributed by atoms with Crippen LogP contribution in [-0.2, 0) is 0 Å². The van der Waals surface area contributed by atoms with E-state index in [9.17, 15) is 0 Å². The third kappa shape index (κ3) is 2.44. The summed E-state index contributed by atoms with van der Waals surface area (Å²) in [4.78, 5) is 12.1. The number of nitrogen functional groups attached to an aromatic ring is 1. The molecule has 0 spiro atoms. The number of nitrogens with zero attached hydrogens (tertiary/aromatic N) is 3. The summed E-state index contributed by atoms with van der Waals surface area (Å²) in [6.07, 6.45) is 1.07. The summed E-state index contributed by atoms with van der Waals surface area (Å²) >= 11 is 0. The molecule has 1 unspecified atom stereocenters. The number of hydrogen-bond acceptors (Lipinski definition) is 7. The number of rotatable bonds is 3. The van der Waals surface area contributed by atoms with E-state index in [2.05, 4.69) is 30.9 Å². The third-order valence-electron chi connectivity index (χ3n) is 2.27. The highest BCUT2D eigenvalue weighted by atomic mass is 15.3. The summed E-state index contributed by atoms with van der Waals surface area (Å²) in [6.45, 7) is 1.96. The molecule has 7 nitrogen and oxygen atoms in total. The molecule has 0 radical (unpaired) electrons. The minimum Gasteiger partial charge on any atom is -0.368 e. The van der Waals surface area contributed by atoms with Crippen molar-refractivity contribution in [2.75, 3.05) is 36.5 Å². The number of anilines is 3. The molecule has 0 saturated carbocycles. The minimum atomic E-state index is 0.225. The van der Waals surface area contributed by atoms with E-state index < -0.39 is 0 Å². The van der Waals surface area contributed by atoms with Crippen molar-refractivity contribution in [3.63, 3.8) is 0 Å². The first-order chi connectivity index (χ1) is 7.28. The Labute approximate surface area is 87.9 Å². The van der Waals surface area contributed by atoms with Gasteiger partial charge in [-0.3, -0.25) is 0 Å². The van der Waals surface area contributed by atoms with E-state index in [1.54, 1.807) is 7.05 Å². The fourth-order valence-electron chi connectivity index (χ4n) is 1.53. The van der Waals surface area contributed by atoms with E-state index in [4.69, 9.17) is 5.73 Å². The highest BCUT2D eigenvalue weighted by molar-refractivity contribution is 5.40. The van der Waals surface area contributed by atoms with Crippen molar-refractivity contribution >= 4 is 17.8 Å². The van der Waals surface area contributed by atoms with Gasteiger partial charge in [-0.25, -0.2) is 0 Å². The first-order valence-corrected chi connectivity index (χ1v) is 4.94. The van der Waals surface area contributed by atoms with Crippen LogP contribution in [0, 0.1) is 0 Å². The van der Waals surface area contributed by atoms with Gasteiger partial charge >= 0.3 is 0 Å². The van der Waals surface area contributed by atoms with Crippen LogP contribution in [0.1, 0.15) is 6.42 Å². The summed E-state index contributed by atoms with van der Waals surface area (Å²) in [5.41, 5.74) is 5.55. The van der Waals surface area contributed by atoms with Crippen molar-refractivity contribution < 1.29 is 0 Å². The lowest BCUT2D eigenvalue weighted by Gasteiger charge is -2.11. The van der Waals surface area contributed by atoms with Gasteiger partial charge in [-0.15, -0.1) is 0 Å². The van der Waals surface area contributed by atoms with E-state index in [0.717, 1.165) is 19.5 Å². The van der Waals surface area contributed by atoms with Crippen molar-refractivity contribution in [1.29, 1.82) is 0 Å². The zero-order chi connectivity index (χ0) is 10.7. The predicted octanol–water partition coefficient (Wildman–Crippen LogP) is -0.731. The van der Waals surface area contributed by atoms with E-state index in [0.29, 0.717) is 17.9 Å². The van der Waals surface area contributed by atoms with E-state index in [1.807, 2.05) is 0 Å². The Morgan fingerprint density at radius 3 is 2.80 bits per heavy atom. The first kappa shape index (κ1) is 9.91. The zero-order valence-electron chi connectivity index (χ0n) is 8.62. The third-order valence-corrected chi connectivity index (χ3v) is 2.27. The molecule has 0 aliphatic carbocycles. The highest BCUT2D eigenvalue weighted by Crippen LogP contribution is 2.09. The average Bonchev–Trinajstić information content (AvgIpc) is 2.69. The Morgan fingerprint density at radius 2 is 2.13 bits per heavy atom. The molecule has 0 aromatic carbocycles. The fourth-order valence-corrected chi connectivity index (χ4v) is 1.53. The van der Waals surface area contributed by atoms with E-state index in [-0.39, 0.29) is 5.95 Å². The molecule has 15 heavy (non-hydrogen) atoms. The molecule has 2 rings (SSSR count). The van der Waals surface area contributed by atoms with Gasteiger partial charge in [0.2, 0.25) is 17.8 Å². The topological polar surface area (TPSA) is 101 Å². The van der Waals surface area contributed by atoms with Gasteiger partial charge in [0.05, 0.1) is 0 Å². The molecule has 2 heterocycles. The maximum Gasteiger partial charge on any atom is 0.229 e. The van der Waals surface area contributed by atoms with Crippen molar-refractivity contribution in [1.82, 2.24) is 20.3 Å². The van der Waals surface area contributed by atoms with Gasteiger partial charge in [0, 0.05) is 19.6 Å². The molecule has 1 aromatic heterocycles. The first-order valence-electron chi connectivity index (χ1n) is 4.94. The van der Waals surface area contributed by atoms with Gasteiger partial charge in [-0.2, -0.15) is 15.0 Å². The lowest BCUT2D eigenvalue weighted by molar-refractivity contribution is 0.779. The maximum atomic E-state index is 5.55. The molecule has 1 atom stereocenters. The van der Waals surface area contributed by atoms with Gasteiger partial charge in [-0.05, 0) is 13.0 Å². The van der Waals surface area contributed by atoms with Crippen LogP contribution in [0.4, 0.5) is 17.8 Å². The smallest absolute Gasteiger partial charge is 0.229 e. The molecule has 1 aliphatic rings. The Bertz CT molecular complexity index is 334. The molecule has 1 fully saturated rings. The second kappa shape index (κ2) is 4.26. The Morgan fingerprint density at radius 1 is 1.33 bits per heavy atom. The molecule has 5 N–H and O–H groups in total. The van der Waals surface area contributed by atoms with Crippen LogP contribution in [0.2, 0.25) is 0 Å². The van der Waals surface area contributed by atoms with Crippen LogP contribution < -0.4 is 21.7 Å². The Hall–Kier alpha value is -1.63. The van der Waals surface area contributed by atoms with Crippen LogP contribution >= 0.6 is 0 Å². The predicted molar refractivity (Wildman–Crippen MR) is 58.7 cm³/mol. The van der Waals surface area contributed by atoms with E-state index >= 15 is 0 Å². The normalized spacial score (nSPS) is 20.2. The highest BCUT2D eigenvalue weighted by Gasteiger charge is 2.15. The standard InChI is InChI=1S/C8H15N7/c1-10-7-13-6(9)14-8(15-7)12-5-2-3-11-4-5/h5,11H,2-4H2,1H3,(H4,9,10,12,13,14,15). The van der Waals surface area contributed by atoms with Crippen molar-refractivity contribution in [2.45, 2.75) is 12.5 Å². The van der Waals surface area contributed by atoms with Crippen molar-refractivity contribution in [3.8, 4) is 0 Å². The maximum absolute atomic E-state index is 5.55. The number of nitrogens with two attached hydrogens (primary N) is 1. The number of aromatic nitrogens is 3. The molecule has 1 saturated heterocycles. The lowest BCUT2D eigenvalue weighted by Crippen LogP contribution is -2.24. The van der Waals surface area contributed by atoms with Crippen molar-refractivity contribution in [2.24, 2.45) is 0 Å². The van der Waals surface area contributed by atoms with Gasteiger partial charge in [0.1, 0.15) is 0 Å². The SMILES string of the molecule is CNc1nc(N)nc(NC2CCNC2)n1. The molecule has 1 aliphatic heterocycles. The van der Waals surface area contributed by atoms with Gasteiger partial charge < -0.3 is 21.7 Å². The Balaban J connectivity index is 2.09. The molecule has 0 bridgehead atoms. The van der Waals surface area contributed by atoms with Crippen LogP contribution in [0.3, 0.4) is 0 Å². The summed E-state index contributed by atoms with van der Waals surface area (Å²) in [5.74, 6) is 1.24. The molecule has 0 amide bonds. The summed E-state index contributed by atoms with van der Waals surface area (Å²) in [7, 11) is 1.75. The van der Waals surface area contributed by atoms with Gasteiger partial charge in [0.15, 0.2) is 0 Å². The monoisotopic (exact) mass is 209 g/mol. The molecular formula is C8H15N7. The quantitative estimate of drug-likeness (QED) is 0.520.